The van der Waals surface area contributed by atoms with Crippen molar-refractivity contribution in [1.29, 1.82) is 0 Å². The molecule has 0 N–H and O–H groups in total. The second kappa shape index (κ2) is 6.87. The molecule has 1 saturated carbocycles. The van der Waals surface area contributed by atoms with Crippen LogP contribution >= 0.6 is 11.6 Å². The molecule has 0 radical (unpaired) electrons. The zero-order valence-electron chi connectivity index (χ0n) is 15.1. The number of ether oxygens (including phenoxy) is 1. The summed E-state index contributed by atoms with van der Waals surface area (Å²) in [5, 5.41) is -0.723. The zero-order valence-corrected chi connectivity index (χ0v) is 15.8. The molecule has 0 saturated heterocycles. The third kappa shape index (κ3) is 3.51. The van der Waals surface area contributed by atoms with E-state index in [9.17, 15) is 9.18 Å². The van der Waals surface area contributed by atoms with E-state index in [4.69, 9.17) is 16.3 Å². The van der Waals surface area contributed by atoms with Crippen LogP contribution in [-0.2, 0) is 9.53 Å². The minimum absolute atomic E-state index is 0.0923. The lowest BCUT2D eigenvalue weighted by molar-refractivity contribution is -0.149. The topological polar surface area (TPSA) is 26.3 Å². The third-order valence-corrected chi connectivity index (χ3v) is 5.45. The zero-order chi connectivity index (χ0) is 18.2. The SMILES string of the molecule is C=CCC1=C(C)C(OC(=O)[C@@H]2[C@@H](C=C(C)C)C2(C)C)CC1=C(F)Cl. The Morgan fingerprint density at radius 3 is 2.58 bits per heavy atom. The lowest BCUT2D eigenvalue weighted by atomic mass is 10.1. The summed E-state index contributed by atoms with van der Waals surface area (Å²) in [6.07, 6.45) is 4.23. The van der Waals surface area contributed by atoms with Crippen LogP contribution in [0.5, 0.6) is 0 Å². The van der Waals surface area contributed by atoms with Crippen LogP contribution in [0.3, 0.4) is 0 Å². The summed E-state index contributed by atoms with van der Waals surface area (Å²) >= 11 is 5.58. The van der Waals surface area contributed by atoms with Crippen LogP contribution in [0.4, 0.5) is 4.39 Å². The lowest BCUT2D eigenvalue weighted by Gasteiger charge is -2.14. The van der Waals surface area contributed by atoms with Gasteiger partial charge < -0.3 is 4.74 Å². The van der Waals surface area contributed by atoms with Gasteiger partial charge in [-0.05, 0) is 49.7 Å². The summed E-state index contributed by atoms with van der Waals surface area (Å²) in [4.78, 5) is 12.6. The van der Waals surface area contributed by atoms with Crippen LogP contribution < -0.4 is 0 Å². The molecule has 1 unspecified atom stereocenters. The quantitative estimate of drug-likeness (QED) is 0.458. The van der Waals surface area contributed by atoms with Crippen molar-refractivity contribution in [3.05, 3.63) is 46.3 Å². The Balaban J connectivity index is 2.15. The molecule has 2 nitrogen and oxygen atoms in total. The summed E-state index contributed by atoms with van der Waals surface area (Å²) in [6, 6.07) is 0. The minimum Gasteiger partial charge on any atom is -0.457 e. The number of allylic oxidation sites excluding steroid dienone is 4. The van der Waals surface area contributed by atoms with Gasteiger partial charge in [0.25, 0.3) is 0 Å². The molecule has 0 aromatic carbocycles. The van der Waals surface area contributed by atoms with Gasteiger partial charge in [-0.25, -0.2) is 0 Å². The Morgan fingerprint density at radius 2 is 2.08 bits per heavy atom. The van der Waals surface area contributed by atoms with E-state index in [-0.39, 0.29) is 23.2 Å². The van der Waals surface area contributed by atoms with Crippen LogP contribution in [0.1, 0.15) is 47.5 Å². The summed E-state index contributed by atoms with van der Waals surface area (Å²) in [5.74, 6) is -0.147. The number of carbonyl (C=O) groups is 1. The molecule has 2 rings (SSSR count). The van der Waals surface area contributed by atoms with Crippen LogP contribution in [-0.4, -0.2) is 12.1 Å². The molecule has 3 atom stereocenters. The van der Waals surface area contributed by atoms with Crippen molar-refractivity contribution in [1.82, 2.24) is 0 Å². The monoisotopic (exact) mass is 352 g/mol. The Hall–Kier alpha value is -1.35. The average molecular weight is 353 g/mol. The first kappa shape index (κ1) is 19.0. The van der Waals surface area contributed by atoms with E-state index >= 15 is 0 Å². The molecule has 0 aromatic rings. The van der Waals surface area contributed by atoms with E-state index < -0.39 is 11.4 Å². The van der Waals surface area contributed by atoms with Crippen LogP contribution in [0, 0.1) is 17.3 Å². The van der Waals surface area contributed by atoms with E-state index in [1.54, 1.807) is 6.08 Å². The molecule has 132 valence electrons. The van der Waals surface area contributed by atoms with Gasteiger partial charge in [-0.15, -0.1) is 6.58 Å². The molecule has 0 heterocycles. The predicted octanol–water partition coefficient (Wildman–Crippen LogP) is 5.85. The first-order chi connectivity index (χ1) is 11.1. The van der Waals surface area contributed by atoms with Gasteiger partial charge in [0.1, 0.15) is 6.10 Å². The molecule has 4 heteroatoms. The lowest BCUT2D eigenvalue weighted by Crippen LogP contribution is -2.20. The summed E-state index contributed by atoms with van der Waals surface area (Å²) in [6.45, 7) is 13.8. The van der Waals surface area contributed by atoms with Gasteiger partial charge in [0, 0.05) is 12.0 Å². The molecule has 24 heavy (non-hydrogen) atoms. The van der Waals surface area contributed by atoms with Crippen molar-refractivity contribution in [2.75, 3.05) is 0 Å². The summed E-state index contributed by atoms with van der Waals surface area (Å²) in [7, 11) is 0. The molecule has 0 spiro atoms. The van der Waals surface area contributed by atoms with E-state index in [0.29, 0.717) is 18.4 Å². The predicted molar refractivity (Wildman–Crippen MR) is 96.2 cm³/mol. The highest BCUT2D eigenvalue weighted by atomic mass is 35.5. The van der Waals surface area contributed by atoms with E-state index in [1.165, 1.54) is 5.57 Å². The molecule has 2 aliphatic rings. The van der Waals surface area contributed by atoms with Crippen molar-refractivity contribution in [3.63, 3.8) is 0 Å². The second-order valence-electron chi connectivity index (χ2n) is 7.59. The van der Waals surface area contributed by atoms with E-state index in [0.717, 1.165) is 11.1 Å². The maximum atomic E-state index is 13.6. The normalized spacial score (nSPS) is 30.0. The number of hydrogen-bond donors (Lipinski definition) is 0. The molecule has 1 fully saturated rings. The highest BCUT2D eigenvalue weighted by Crippen LogP contribution is 2.60. The maximum Gasteiger partial charge on any atom is 0.310 e. The smallest absolute Gasteiger partial charge is 0.310 e. The number of halogens is 2. The first-order valence-corrected chi connectivity index (χ1v) is 8.69. The highest BCUT2D eigenvalue weighted by molar-refractivity contribution is 6.28. The molecule has 0 aromatic heterocycles. The van der Waals surface area contributed by atoms with Gasteiger partial charge in [0.2, 0.25) is 0 Å². The Bertz CT molecular complexity index is 647. The first-order valence-electron chi connectivity index (χ1n) is 8.31. The number of hydrogen-bond acceptors (Lipinski definition) is 2. The van der Waals surface area contributed by atoms with Crippen molar-refractivity contribution in [2.24, 2.45) is 17.3 Å². The van der Waals surface area contributed by atoms with Crippen molar-refractivity contribution in [2.45, 2.75) is 53.6 Å². The molecule has 0 aliphatic heterocycles. The fourth-order valence-corrected chi connectivity index (χ4v) is 3.85. The molecular formula is C20H26ClFO2. The molecule has 2 aliphatic carbocycles. The van der Waals surface area contributed by atoms with Crippen molar-refractivity contribution < 1.29 is 13.9 Å². The van der Waals surface area contributed by atoms with Gasteiger partial charge >= 0.3 is 5.97 Å². The van der Waals surface area contributed by atoms with Gasteiger partial charge in [-0.1, -0.05) is 43.2 Å². The molecule has 0 amide bonds. The average Bonchev–Trinajstić information content (AvgIpc) is 2.84. The standard InChI is InChI=1S/C20H26ClFO2/c1-7-8-13-12(4)16(10-14(13)18(21)22)24-19(23)17-15(9-11(2)3)20(17,5)6/h7,9,15-17H,1,8,10H2,2-6H3/t15-,16?,17+/m1/s1. The van der Waals surface area contributed by atoms with Gasteiger partial charge in [0.05, 0.1) is 5.92 Å². The molecule has 0 bridgehead atoms. The number of carbonyl (C=O) groups excluding carboxylic acids is 1. The largest absolute Gasteiger partial charge is 0.457 e. The van der Waals surface area contributed by atoms with Crippen molar-refractivity contribution in [3.8, 4) is 0 Å². The maximum absolute atomic E-state index is 13.6. The summed E-state index contributed by atoms with van der Waals surface area (Å²) < 4.78 is 19.3. The Kier molecular flexibility index (Phi) is 5.44. The Morgan fingerprint density at radius 1 is 1.46 bits per heavy atom. The fraction of sp³-hybridized carbons (Fsp3) is 0.550. The van der Waals surface area contributed by atoms with Gasteiger partial charge in [-0.3, -0.25) is 4.79 Å². The number of esters is 1. The fourth-order valence-electron chi connectivity index (χ4n) is 3.66. The highest BCUT2D eigenvalue weighted by Gasteiger charge is 2.61. The Labute approximate surface area is 149 Å². The van der Waals surface area contributed by atoms with Crippen LogP contribution in [0.2, 0.25) is 0 Å². The van der Waals surface area contributed by atoms with Gasteiger partial charge in [-0.2, -0.15) is 4.39 Å². The van der Waals surface area contributed by atoms with Crippen LogP contribution in [0.15, 0.2) is 46.3 Å². The third-order valence-electron chi connectivity index (χ3n) is 5.23. The second-order valence-corrected chi connectivity index (χ2v) is 7.92. The van der Waals surface area contributed by atoms with Gasteiger partial charge in [0.15, 0.2) is 5.29 Å². The minimum atomic E-state index is -0.723. The van der Waals surface area contributed by atoms with E-state index in [1.807, 2.05) is 20.8 Å². The summed E-state index contributed by atoms with van der Waals surface area (Å²) in [5.41, 5.74) is 3.20. The van der Waals surface area contributed by atoms with Crippen LogP contribution in [0.25, 0.3) is 0 Å². The molecular weight excluding hydrogens is 327 g/mol. The van der Waals surface area contributed by atoms with Crippen molar-refractivity contribution >= 4 is 17.6 Å². The number of rotatable bonds is 5. The van der Waals surface area contributed by atoms with E-state index in [2.05, 4.69) is 26.5 Å².